The topological polar surface area (TPSA) is 39.9 Å². The van der Waals surface area contributed by atoms with Gasteiger partial charge in [-0.3, -0.25) is 4.98 Å². The van der Waals surface area contributed by atoms with Crippen molar-refractivity contribution in [3.8, 4) is 17.0 Å². The molecule has 0 fully saturated rings. The molecule has 4 nitrogen and oxygen atoms in total. The Morgan fingerprint density at radius 2 is 2.00 bits per heavy atom. The summed E-state index contributed by atoms with van der Waals surface area (Å²) in [5.74, 6) is 1.38. The number of nitrogens with zero attached hydrogens (tertiary/aromatic N) is 3. The van der Waals surface area contributed by atoms with Crippen LogP contribution in [0.15, 0.2) is 61.3 Å². The summed E-state index contributed by atoms with van der Waals surface area (Å²) < 4.78 is 7.94. The Morgan fingerprint density at radius 1 is 1.13 bits per heavy atom. The van der Waals surface area contributed by atoms with Gasteiger partial charge in [0.05, 0.1) is 18.6 Å². The lowest BCUT2D eigenvalue weighted by molar-refractivity contribution is 0.272. The van der Waals surface area contributed by atoms with Crippen LogP contribution in [0.4, 0.5) is 0 Å². The van der Waals surface area contributed by atoms with Crippen molar-refractivity contribution in [1.82, 2.24) is 14.5 Å². The largest absolute Gasteiger partial charge is 0.493 e. The van der Waals surface area contributed by atoms with Gasteiger partial charge in [0.25, 0.3) is 0 Å². The highest BCUT2D eigenvalue weighted by Crippen LogP contribution is 2.28. The Morgan fingerprint density at radius 3 is 2.70 bits per heavy atom. The molecule has 0 radical (unpaired) electrons. The molecule has 118 valence electrons. The molecule has 0 spiro atoms. The van der Waals surface area contributed by atoms with Gasteiger partial charge < -0.3 is 9.30 Å². The summed E-state index contributed by atoms with van der Waals surface area (Å²) in [7, 11) is 0. The van der Waals surface area contributed by atoms with Crippen LogP contribution in [0.5, 0.6) is 5.75 Å². The maximum atomic E-state index is 5.92. The highest BCUT2D eigenvalue weighted by molar-refractivity contribution is 5.67. The molecular formula is C19H21N3O. The van der Waals surface area contributed by atoms with Crippen LogP contribution in [0, 0.1) is 5.92 Å². The van der Waals surface area contributed by atoms with Crippen molar-refractivity contribution in [1.29, 1.82) is 0 Å². The summed E-state index contributed by atoms with van der Waals surface area (Å²) in [6.07, 6.45) is 7.45. The van der Waals surface area contributed by atoms with E-state index in [1.807, 2.05) is 53.6 Å². The molecule has 3 aromatic rings. The summed E-state index contributed by atoms with van der Waals surface area (Å²) in [6, 6.07) is 12.2. The fourth-order valence-electron chi connectivity index (χ4n) is 2.33. The maximum absolute atomic E-state index is 5.92. The first-order chi connectivity index (χ1) is 11.2. The van der Waals surface area contributed by atoms with Crippen LogP contribution in [0.3, 0.4) is 0 Å². The van der Waals surface area contributed by atoms with Gasteiger partial charge in [-0.2, -0.15) is 0 Å². The molecule has 0 saturated carbocycles. The van der Waals surface area contributed by atoms with Crippen LogP contribution in [-0.2, 0) is 6.54 Å². The van der Waals surface area contributed by atoms with E-state index >= 15 is 0 Å². The summed E-state index contributed by atoms with van der Waals surface area (Å²) in [4.78, 5) is 8.66. The first-order valence-electron chi connectivity index (χ1n) is 7.85. The molecule has 0 unspecified atom stereocenters. The molecular weight excluding hydrogens is 286 g/mol. The Balaban J connectivity index is 1.79. The molecule has 0 bridgehead atoms. The SMILES string of the molecule is CC(C)COc1ccccc1-c1ccc(Cn2ccnc2)cn1. The fourth-order valence-corrected chi connectivity index (χ4v) is 2.33. The third kappa shape index (κ3) is 3.97. The second kappa shape index (κ2) is 7.09. The first-order valence-corrected chi connectivity index (χ1v) is 7.85. The number of aromatic nitrogens is 3. The fraction of sp³-hybridized carbons (Fsp3) is 0.263. The molecule has 1 aromatic carbocycles. The summed E-state index contributed by atoms with van der Waals surface area (Å²) in [5, 5.41) is 0. The quantitative estimate of drug-likeness (QED) is 0.690. The average molecular weight is 307 g/mol. The summed E-state index contributed by atoms with van der Waals surface area (Å²) in [5.41, 5.74) is 3.10. The first kappa shape index (κ1) is 15.3. The van der Waals surface area contributed by atoms with E-state index in [-0.39, 0.29) is 0 Å². The zero-order valence-corrected chi connectivity index (χ0v) is 13.5. The van der Waals surface area contributed by atoms with Crippen LogP contribution < -0.4 is 4.74 Å². The number of ether oxygens (including phenoxy) is 1. The monoisotopic (exact) mass is 307 g/mol. The van der Waals surface area contributed by atoms with E-state index in [0.717, 1.165) is 29.1 Å². The predicted molar refractivity (Wildman–Crippen MR) is 91.3 cm³/mol. The van der Waals surface area contributed by atoms with Crippen molar-refractivity contribution in [3.05, 3.63) is 66.9 Å². The van der Waals surface area contributed by atoms with E-state index in [0.29, 0.717) is 12.5 Å². The van der Waals surface area contributed by atoms with Gasteiger partial charge in [-0.15, -0.1) is 0 Å². The normalized spacial score (nSPS) is 10.9. The van der Waals surface area contributed by atoms with Crippen LogP contribution >= 0.6 is 0 Å². The van der Waals surface area contributed by atoms with Gasteiger partial charge in [-0.05, 0) is 29.7 Å². The third-order valence-corrected chi connectivity index (χ3v) is 3.48. The highest BCUT2D eigenvalue weighted by Gasteiger charge is 2.08. The average Bonchev–Trinajstić information content (AvgIpc) is 3.07. The van der Waals surface area contributed by atoms with Crippen molar-refractivity contribution in [2.45, 2.75) is 20.4 Å². The molecule has 0 N–H and O–H groups in total. The Labute approximate surface area is 136 Å². The van der Waals surface area contributed by atoms with Crippen molar-refractivity contribution >= 4 is 0 Å². The Kier molecular flexibility index (Phi) is 4.71. The van der Waals surface area contributed by atoms with E-state index in [1.165, 1.54) is 0 Å². The van der Waals surface area contributed by atoms with Gasteiger partial charge in [0, 0.05) is 30.7 Å². The molecule has 0 aliphatic rings. The van der Waals surface area contributed by atoms with Gasteiger partial charge in [0.1, 0.15) is 5.75 Å². The lowest BCUT2D eigenvalue weighted by Crippen LogP contribution is -2.05. The number of imidazole rings is 1. The van der Waals surface area contributed by atoms with Gasteiger partial charge in [-0.25, -0.2) is 4.98 Å². The second-order valence-corrected chi connectivity index (χ2v) is 5.99. The zero-order valence-electron chi connectivity index (χ0n) is 13.5. The van der Waals surface area contributed by atoms with E-state index < -0.39 is 0 Å². The Hall–Kier alpha value is -2.62. The number of pyridine rings is 1. The molecule has 3 rings (SSSR count). The highest BCUT2D eigenvalue weighted by atomic mass is 16.5. The van der Waals surface area contributed by atoms with Crippen molar-refractivity contribution in [2.75, 3.05) is 6.61 Å². The predicted octanol–water partition coefficient (Wildman–Crippen LogP) is 4.03. The standard InChI is InChI=1S/C19H21N3O/c1-15(2)13-23-19-6-4-3-5-17(19)18-8-7-16(11-21-18)12-22-10-9-20-14-22/h3-11,14-15H,12-13H2,1-2H3. The van der Waals surface area contributed by atoms with E-state index in [2.05, 4.69) is 29.9 Å². The third-order valence-electron chi connectivity index (χ3n) is 3.48. The van der Waals surface area contributed by atoms with Crippen molar-refractivity contribution < 1.29 is 4.74 Å². The molecule has 0 aliphatic heterocycles. The second-order valence-electron chi connectivity index (χ2n) is 5.99. The van der Waals surface area contributed by atoms with E-state index in [1.54, 1.807) is 6.20 Å². The van der Waals surface area contributed by atoms with Crippen LogP contribution in [0.1, 0.15) is 19.4 Å². The van der Waals surface area contributed by atoms with E-state index in [4.69, 9.17) is 4.74 Å². The van der Waals surface area contributed by atoms with Crippen molar-refractivity contribution in [3.63, 3.8) is 0 Å². The number of rotatable bonds is 6. The van der Waals surface area contributed by atoms with Crippen LogP contribution in [0.2, 0.25) is 0 Å². The zero-order chi connectivity index (χ0) is 16.1. The van der Waals surface area contributed by atoms with Crippen LogP contribution in [0.25, 0.3) is 11.3 Å². The van der Waals surface area contributed by atoms with Gasteiger partial charge >= 0.3 is 0 Å². The van der Waals surface area contributed by atoms with E-state index in [9.17, 15) is 0 Å². The van der Waals surface area contributed by atoms with Gasteiger partial charge in [0.2, 0.25) is 0 Å². The number of benzene rings is 1. The van der Waals surface area contributed by atoms with Crippen molar-refractivity contribution in [2.24, 2.45) is 5.92 Å². The summed E-state index contributed by atoms with van der Waals surface area (Å²) in [6.45, 7) is 5.77. The minimum Gasteiger partial charge on any atom is -0.493 e. The molecule has 0 amide bonds. The number of hydrogen-bond acceptors (Lipinski definition) is 3. The molecule has 2 aromatic heterocycles. The summed E-state index contributed by atoms with van der Waals surface area (Å²) >= 11 is 0. The minimum atomic E-state index is 0.494. The minimum absolute atomic E-state index is 0.494. The smallest absolute Gasteiger partial charge is 0.128 e. The number of hydrogen-bond donors (Lipinski definition) is 0. The maximum Gasteiger partial charge on any atom is 0.128 e. The molecule has 4 heteroatoms. The van der Waals surface area contributed by atoms with Crippen LogP contribution in [-0.4, -0.2) is 21.1 Å². The Bertz CT molecular complexity index is 734. The molecule has 2 heterocycles. The lowest BCUT2D eigenvalue weighted by atomic mass is 10.1. The van der Waals surface area contributed by atoms with Gasteiger partial charge in [0.15, 0.2) is 0 Å². The lowest BCUT2D eigenvalue weighted by Gasteiger charge is -2.13. The van der Waals surface area contributed by atoms with Gasteiger partial charge in [-0.1, -0.05) is 32.0 Å². The molecule has 0 aliphatic carbocycles. The molecule has 0 saturated heterocycles. The molecule has 0 atom stereocenters. The molecule has 23 heavy (non-hydrogen) atoms. The number of para-hydroxylation sites is 1.